The summed E-state index contributed by atoms with van der Waals surface area (Å²) >= 11 is 8.64. The summed E-state index contributed by atoms with van der Waals surface area (Å²) < 4.78 is 13.8. The second-order valence-corrected chi connectivity index (χ2v) is 5.31. The molecule has 2 aromatic rings. The van der Waals surface area contributed by atoms with E-state index in [0.29, 0.717) is 5.11 Å². The van der Waals surface area contributed by atoms with E-state index in [0.717, 1.165) is 21.4 Å². The monoisotopic (exact) mass is 338 g/mol. The Morgan fingerprint density at radius 3 is 2.26 bits per heavy atom. The van der Waals surface area contributed by atoms with Crippen LogP contribution in [0.25, 0.3) is 0 Å². The Hall–Kier alpha value is -1.46. The minimum Gasteiger partial charge on any atom is -0.332 e. The van der Waals surface area contributed by atoms with Crippen LogP contribution in [0, 0.1) is 12.7 Å². The standard InChI is InChI=1S/C14H12BrFN2S/c1-9-8-12(6-7-13(9)15)18-14(19)17-11-4-2-10(16)3-5-11/h2-8H,1H3,(H2,17,18,19). The Morgan fingerprint density at radius 2 is 1.63 bits per heavy atom. The highest BCUT2D eigenvalue weighted by atomic mass is 79.9. The lowest BCUT2D eigenvalue weighted by molar-refractivity contribution is 0.628. The molecular weight excluding hydrogens is 327 g/mol. The molecule has 0 radical (unpaired) electrons. The summed E-state index contributed by atoms with van der Waals surface area (Å²) in [5, 5.41) is 6.54. The lowest BCUT2D eigenvalue weighted by Crippen LogP contribution is -2.19. The molecule has 0 atom stereocenters. The summed E-state index contributed by atoms with van der Waals surface area (Å²) in [5.41, 5.74) is 2.77. The lowest BCUT2D eigenvalue weighted by atomic mass is 10.2. The van der Waals surface area contributed by atoms with E-state index in [1.165, 1.54) is 12.1 Å². The van der Waals surface area contributed by atoms with Crippen LogP contribution in [0.1, 0.15) is 5.56 Å². The van der Waals surface area contributed by atoms with Gasteiger partial charge in [-0.15, -0.1) is 0 Å². The summed E-state index contributed by atoms with van der Waals surface area (Å²) in [4.78, 5) is 0. The van der Waals surface area contributed by atoms with Crippen LogP contribution >= 0.6 is 28.1 Å². The van der Waals surface area contributed by atoms with E-state index >= 15 is 0 Å². The van der Waals surface area contributed by atoms with Crippen molar-refractivity contribution in [2.45, 2.75) is 6.92 Å². The van der Waals surface area contributed by atoms with Crippen LogP contribution in [0.5, 0.6) is 0 Å². The lowest BCUT2D eigenvalue weighted by Gasteiger charge is -2.11. The third-order valence-electron chi connectivity index (χ3n) is 2.52. The van der Waals surface area contributed by atoms with Crippen LogP contribution in [-0.2, 0) is 0 Å². The number of rotatable bonds is 2. The molecule has 0 aliphatic heterocycles. The third kappa shape index (κ3) is 4.01. The molecule has 0 aliphatic carbocycles. The van der Waals surface area contributed by atoms with Gasteiger partial charge in [-0.3, -0.25) is 0 Å². The number of hydrogen-bond donors (Lipinski definition) is 2. The van der Waals surface area contributed by atoms with E-state index in [2.05, 4.69) is 26.6 Å². The number of thiocarbonyl (C=S) groups is 1. The maximum atomic E-state index is 12.8. The Kier molecular flexibility index (Phi) is 4.50. The zero-order chi connectivity index (χ0) is 13.8. The predicted octanol–water partition coefficient (Wildman–Crippen LogP) is 4.71. The largest absolute Gasteiger partial charge is 0.332 e. The van der Waals surface area contributed by atoms with Crippen LogP contribution in [0.15, 0.2) is 46.9 Å². The minimum absolute atomic E-state index is 0.270. The maximum absolute atomic E-state index is 12.8. The molecule has 2 nitrogen and oxygen atoms in total. The van der Waals surface area contributed by atoms with Crippen molar-refractivity contribution in [3.63, 3.8) is 0 Å². The Morgan fingerprint density at radius 1 is 1.05 bits per heavy atom. The Balaban J connectivity index is 2.01. The quantitative estimate of drug-likeness (QED) is 0.775. The van der Waals surface area contributed by atoms with Gasteiger partial charge in [-0.05, 0) is 67.2 Å². The third-order valence-corrected chi connectivity index (χ3v) is 3.61. The molecule has 2 aromatic carbocycles. The van der Waals surface area contributed by atoms with Gasteiger partial charge in [-0.1, -0.05) is 15.9 Å². The molecule has 5 heteroatoms. The highest BCUT2D eigenvalue weighted by Gasteiger charge is 2.01. The fourth-order valence-electron chi connectivity index (χ4n) is 1.55. The molecule has 0 bridgehead atoms. The average molecular weight is 339 g/mol. The molecule has 19 heavy (non-hydrogen) atoms. The van der Waals surface area contributed by atoms with Crippen LogP contribution < -0.4 is 10.6 Å². The number of hydrogen-bond acceptors (Lipinski definition) is 1. The van der Waals surface area contributed by atoms with Crippen molar-refractivity contribution in [1.29, 1.82) is 0 Å². The van der Waals surface area contributed by atoms with Gasteiger partial charge < -0.3 is 10.6 Å². The van der Waals surface area contributed by atoms with Gasteiger partial charge in [0.1, 0.15) is 5.82 Å². The van der Waals surface area contributed by atoms with E-state index in [1.807, 2.05) is 25.1 Å². The first-order chi connectivity index (χ1) is 9.04. The molecule has 0 fully saturated rings. The molecular formula is C14H12BrFN2S. The second kappa shape index (κ2) is 6.12. The van der Waals surface area contributed by atoms with Crippen LogP contribution in [0.4, 0.5) is 15.8 Å². The van der Waals surface area contributed by atoms with Crippen molar-refractivity contribution >= 4 is 44.6 Å². The molecule has 0 aromatic heterocycles. The molecule has 0 amide bonds. The maximum Gasteiger partial charge on any atom is 0.175 e. The molecule has 0 heterocycles. The van der Waals surface area contributed by atoms with Gasteiger partial charge >= 0.3 is 0 Å². The van der Waals surface area contributed by atoms with Gasteiger partial charge in [-0.25, -0.2) is 4.39 Å². The first-order valence-corrected chi connectivity index (χ1v) is 6.84. The number of benzene rings is 2. The van der Waals surface area contributed by atoms with Crippen molar-refractivity contribution < 1.29 is 4.39 Å². The van der Waals surface area contributed by atoms with E-state index in [9.17, 15) is 4.39 Å². The second-order valence-electron chi connectivity index (χ2n) is 4.05. The smallest absolute Gasteiger partial charge is 0.175 e. The minimum atomic E-state index is -0.270. The van der Waals surface area contributed by atoms with Crippen molar-refractivity contribution in [1.82, 2.24) is 0 Å². The van der Waals surface area contributed by atoms with E-state index in [4.69, 9.17) is 12.2 Å². The number of aryl methyl sites for hydroxylation is 1. The highest BCUT2D eigenvalue weighted by Crippen LogP contribution is 2.20. The van der Waals surface area contributed by atoms with E-state index in [-0.39, 0.29) is 5.82 Å². The van der Waals surface area contributed by atoms with Gasteiger partial charge in [0.05, 0.1) is 0 Å². The molecule has 2 N–H and O–H groups in total. The normalized spacial score (nSPS) is 10.1. The van der Waals surface area contributed by atoms with Crippen molar-refractivity contribution in [2.75, 3.05) is 10.6 Å². The molecule has 0 unspecified atom stereocenters. The number of anilines is 2. The van der Waals surface area contributed by atoms with Crippen molar-refractivity contribution in [3.05, 3.63) is 58.3 Å². The van der Waals surface area contributed by atoms with Crippen LogP contribution in [0.3, 0.4) is 0 Å². The van der Waals surface area contributed by atoms with E-state index < -0.39 is 0 Å². The van der Waals surface area contributed by atoms with Gasteiger partial charge in [0.2, 0.25) is 0 Å². The first kappa shape index (κ1) is 14.0. The molecule has 0 spiro atoms. The average Bonchev–Trinajstić information content (AvgIpc) is 2.37. The van der Waals surface area contributed by atoms with Crippen molar-refractivity contribution in [2.24, 2.45) is 0 Å². The topological polar surface area (TPSA) is 24.1 Å². The molecule has 0 saturated carbocycles. The van der Waals surface area contributed by atoms with Gasteiger partial charge in [-0.2, -0.15) is 0 Å². The van der Waals surface area contributed by atoms with Gasteiger partial charge in [0.15, 0.2) is 5.11 Å². The zero-order valence-corrected chi connectivity index (χ0v) is 12.6. The van der Waals surface area contributed by atoms with Gasteiger partial charge in [0.25, 0.3) is 0 Å². The molecule has 98 valence electrons. The van der Waals surface area contributed by atoms with Crippen molar-refractivity contribution in [3.8, 4) is 0 Å². The fraction of sp³-hybridized carbons (Fsp3) is 0.0714. The summed E-state index contributed by atoms with van der Waals surface area (Å²) in [6, 6.07) is 11.9. The molecule has 0 saturated heterocycles. The Bertz CT molecular complexity index is 599. The summed E-state index contributed by atoms with van der Waals surface area (Å²) in [5.74, 6) is -0.270. The van der Waals surface area contributed by atoms with Gasteiger partial charge in [0, 0.05) is 15.8 Å². The fourth-order valence-corrected chi connectivity index (χ4v) is 2.03. The van der Waals surface area contributed by atoms with Crippen LogP contribution in [-0.4, -0.2) is 5.11 Å². The first-order valence-electron chi connectivity index (χ1n) is 5.64. The van der Waals surface area contributed by atoms with Crippen LogP contribution in [0.2, 0.25) is 0 Å². The summed E-state index contributed by atoms with van der Waals surface area (Å²) in [6.45, 7) is 2.01. The summed E-state index contributed by atoms with van der Waals surface area (Å²) in [6.07, 6.45) is 0. The zero-order valence-electron chi connectivity index (χ0n) is 10.2. The number of nitrogens with one attached hydrogen (secondary N) is 2. The molecule has 2 rings (SSSR count). The highest BCUT2D eigenvalue weighted by molar-refractivity contribution is 9.10. The SMILES string of the molecule is Cc1cc(NC(=S)Nc2ccc(F)cc2)ccc1Br. The molecule has 0 aliphatic rings. The Labute approximate surface area is 125 Å². The predicted molar refractivity (Wildman–Crippen MR) is 85.1 cm³/mol. The van der Waals surface area contributed by atoms with E-state index in [1.54, 1.807) is 12.1 Å². The summed E-state index contributed by atoms with van der Waals surface area (Å²) in [7, 11) is 0. The number of halogens is 2.